The highest BCUT2D eigenvalue weighted by molar-refractivity contribution is 6.31. The van der Waals surface area contributed by atoms with E-state index < -0.39 is 0 Å². The van der Waals surface area contributed by atoms with Crippen LogP contribution < -0.4 is 14.8 Å². The molecule has 9 nitrogen and oxygen atoms in total. The molecule has 4 aromatic rings. The van der Waals surface area contributed by atoms with Crippen LogP contribution in [0.15, 0.2) is 40.8 Å². The van der Waals surface area contributed by atoms with Crippen LogP contribution in [0.25, 0.3) is 11.5 Å². The predicted molar refractivity (Wildman–Crippen MR) is 128 cm³/mol. The Morgan fingerprint density at radius 2 is 1.91 bits per heavy atom. The summed E-state index contributed by atoms with van der Waals surface area (Å²) in [7, 11) is 3.16. The highest BCUT2D eigenvalue weighted by Crippen LogP contribution is 2.34. The van der Waals surface area contributed by atoms with E-state index in [1.807, 2.05) is 32.0 Å². The molecule has 2 aromatic heterocycles. The van der Waals surface area contributed by atoms with Crippen LogP contribution in [0.1, 0.15) is 33.2 Å². The number of oxazole rings is 1. The summed E-state index contributed by atoms with van der Waals surface area (Å²) < 4.78 is 18.2. The number of nitrogens with zero attached hydrogens (tertiary/aromatic N) is 4. The fourth-order valence-corrected chi connectivity index (χ4v) is 3.61. The van der Waals surface area contributed by atoms with Crippen LogP contribution in [0.3, 0.4) is 0 Å². The molecule has 0 radical (unpaired) electrons. The third-order valence-corrected chi connectivity index (χ3v) is 5.71. The zero-order valence-electron chi connectivity index (χ0n) is 19.5. The number of hydrogen-bond donors (Lipinski definition) is 1. The van der Waals surface area contributed by atoms with Gasteiger partial charge in [0.05, 0.1) is 32.0 Å². The Morgan fingerprint density at radius 3 is 2.65 bits per heavy atom. The molecule has 1 amide bonds. The molecule has 0 atom stereocenters. The summed E-state index contributed by atoms with van der Waals surface area (Å²) in [5.74, 6) is 1.93. The number of methoxy groups -OCH3 is 2. The fraction of sp³-hybridized carbons (Fsp3) is 0.250. The number of carbonyl (C=O) groups is 1. The van der Waals surface area contributed by atoms with Crippen molar-refractivity contribution in [3.63, 3.8) is 0 Å². The maximum Gasteiger partial charge on any atom is 0.278 e. The van der Waals surface area contributed by atoms with Crippen molar-refractivity contribution in [2.24, 2.45) is 0 Å². The number of carbonyl (C=O) groups excluding carboxylic acids is 1. The first-order chi connectivity index (χ1) is 16.3. The summed E-state index contributed by atoms with van der Waals surface area (Å²) in [6.45, 7) is 5.78. The lowest BCUT2D eigenvalue weighted by Crippen LogP contribution is -2.15. The predicted octanol–water partition coefficient (Wildman–Crippen LogP) is 4.83. The summed E-state index contributed by atoms with van der Waals surface area (Å²) in [6, 6.07) is 10.7. The summed E-state index contributed by atoms with van der Waals surface area (Å²) in [6.07, 6.45) is 0. The molecule has 0 aliphatic carbocycles. The molecule has 10 heteroatoms. The molecule has 0 saturated carbocycles. The Kier molecular flexibility index (Phi) is 6.56. The zero-order valence-corrected chi connectivity index (χ0v) is 20.2. The van der Waals surface area contributed by atoms with E-state index >= 15 is 0 Å². The van der Waals surface area contributed by atoms with Crippen molar-refractivity contribution in [1.29, 1.82) is 0 Å². The molecule has 2 heterocycles. The van der Waals surface area contributed by atoms with Gasteiger partial charge in [-0.05, 0) is 50.6 Å². The van der Waals surface area contributed by atoms with Gasteiger partial charge in [-0.1, -0.05) is 22.9 Å². The van der Waals surface area contributed by atoms with Crippen molar-refractivity contribution >= 4 is 23.2 Å². The van der Waals surface area contributed by atoms with Gasteiger partial charge in [0, 0.05) is 16.8 Å². The molecule has 0 aliphatic rings. The second kappa shape index (κ2) is 9.56. The Labute approximate surface area is 201 Å². The van der Waals surface area contributed by atoms with Crippen LogP contribution in [0.2, 0.25) is 5.02 Å². The van der Waals surface area contributed by atoms with E-state index in [0.29, 0.717) is 50.8 Å². The third kappa shape index (κ3) is 4.60. The van der Waals surface area contributed by atoms with Crippen molar-refractivity contribution in [2.45, 2.75) is 27.3 Å². The molecular weight excluding hydrogens is 458 g/mol. The van der Waals surface area contributed by atoms with Gasteiger partial charge < -0.3 is 19.2 Å². The number of rotatable bonds is 7. The van der Waals surface area contributed by atoms with Crippen molar-refractivity contribution in [3.05, 3.63) is 69.8 Å². The lowest BCUT2D eigenvalue weighted by Gasteiger charge is -2.08. The number of anilines is 1. The lowest BCUT2D eigenvalue weighted by atomic mass is 10.2. The molecule has 4 rings (SSSR count). The van der Waals surface area contributed by atoms with Gasteiger partial charge in [0.15, 0.2) is 5.69 Å². The second-order valence-corrected chi connectivity index (χ2v) is 8.12. The minimum atomic E-state index is -0.366. The fourth-order valence-electron chi connectivity index (χ4n) is 3.44. The first-order valence-electron chi connectivity index (χ1n) is 10.5. The smallest absolute Gasteiger partial charge is 0.278 e. The van der Waals surface area contributed by atoms with Crippen LogP contribution in [-0.4, -0.2) is 40.1 Å². The first-order valence-corrected chi connectivity index (χ1v) is 10.8. The lowest BCUT2D eigenvalue weighted by molar-refractivity contribution is 0.102. The van der Waals surface area contributed by atoms with Crippen LogP contribution in [-0.2, 0) is 6.54 Å². The molecular formula is C24H24ClN5O4. The van der Waals surface area contributed by atoms with Crippen LogP contribution in [0, 0.1) is 20.8 Å². The van der Waals surface area contributed by atoms with E-state index in [9.17, 15) is 4.79 Å². The minimum Gasteiger partial charge on any atom is -0.497 e. The molecule has 0 fully saturated rings. The maximum atomic E-state index is 12.8. The van der Waals surface area contributed by atoms with Gasteiger partial charge in [0.2, 0.25) is 5.89 Å². The largest absolute Gasteiger partial charge is 0.497 e. The Balaban J connectivity index is 1.56. The maximum absolute atomic E-state index is 12.8. The highest BCUT2D eigenvalue weighted by Gasteiger charge is 2.21. The Morgan fingerprint density at radius 1 is 1.12 bits per heavy atom. The molecule has 0 unspecified atom stereocenters. The minimum absolute atomic E-state index is 0.220. The molecule has 1 N–H and O–H groups in total. The van der Waals surface area contributed by atoms with Gasteiger partial charge in [0.25, 0.3) is 5.91 Å². The van der Waals surface area contributed by atoms with E-state index in [4.69, 9.17) is 25.5 Å². The van der Waals surface area contributed by atoms with E-state index in [1.165, 1.54) is 0 Å². The van der Waals surface area contributed by atoms with Crippen molar-refractivity contribution < 1.29 is 18.7 Å². The zero-order chi connectivity index (χ0) is 24.4. The summed E-state index contributed by atoms with van der Waals surface area (Å²) >= 11 is 6.05. The average molecular weight is 482 g/mol. The van der Waals surface area contributed by atoms with Gasteiger partial charge in [-0.3, -0.25) is 4.79 Å². The van der Waals surface area contributed by atoms with Gasteiger partial charge in [-0.25, -0.2) is 9.67 Å². The number of amides is 1. The van der Waals surface area contributed by atoms with Crippen molar-refractivity contribution in [1.82, 2.24) is 20.0 Å². The molecule has 176 valence electrons. The normalized spacial score (nSPS) is 10.9. The Hall–Kier alpha value is -3.85. The van der Waals surface area contributed by atoms with Gasteiger partial charge in [-0.15, -0.1) is 5.10 Å². The van der Waals surface area contributed by atoms with Gasteiger partial charge in [0.1, 0.15) is 23.0 Å². The number of hydrogen-bond acceptors (Lipinski definition) is 7. The summed E-state index contributed by atoms with van der Waals surface area (Å²) in [5.41, 5.74) is 3.70. The van der Waals surface area contributed by atoms with Crippen molar-refractivity contribution in [3.8, 4) is 23.0 Å². The molecule has 0 bridgehead atoms. The Bertz CT molecular complexity index is 1360. The number of halogens is 1. The van der Waals surface area contributed by atoms with Gasteiger partial charge >= 0.3 is 0 Å². The standard InChI is InChI=1S/C24H24ClN5O4/c1-13-6-7-16(25)10-19(13)26-23(31)22-14(2)30(29-28-22)12-20-15(3)34-24(27-20)18-9-8-17(32-4)11-21(18)33-5/h6-11H,12H2,1-5H3,(H,26,31). The van der Waals surface area contributed by atoms with Gasteiger partial charge in [-0.2, -0.15) is 0 Å². The molecule has 0 saturated heterocycles. The van der Waals surface area contributed by atoms with E-state index in [0.717, 1.165) is 5.56 Å². The van der Waals surface area contributed by atoms with Crippen molar-refractivity contribution in [2.75, 3.05) is 19.5 Å². The monoisotopic (exact) mass is 481 g/mol. The SMILES string of the molecule is COc1ccc(-c2nc(Cn3nnc(C(=O)Nc4cc(Cl)ccc4C)c3C)c(C)o2)c(OC)c1. The highest BCUT2D eigenvalue weighted by atomic mass is 35.5. The van der Waals surface area contributed by atoms with E-state index in [-0.39, 0.29) is 18.1 Å². The average Bonchev–Trinajstić information content (AvgIpc) is 3.38. The molecule has 0 spiro atoms. The van der Waals surface area contributed by atoms with E-state index in [2.05, 4.69) is 20.6 Å². The second-order valence-electron chi connectivity index (χ2n) is 7.68. The van der Waals surface area contributed by atoms with Crippen LogP contribution >= 0.6 is 11.6 Å². The number of benzene rings is 2. The number of aromatic nitrogens is 4. The number of nitrogens with one attached hydrogen (secondary N) is 1. The summed E-state index contributed by atoms with van der Waals surface area (Å²) in [4.78, 5) is 17.4. The van der Waals surface area contributed by atoms with Crippen LogP contribution in [0.5, 0.6) is 11.5 Å². The summed E-state index contributed by atoms with van der Waals surface area (Å²) in [5, 5.41) is 11.6. The quantitative estimate of drug-likeness (QED) is 0.403. The molecule has 0 aliphatic heterocycles. The number of ether oxygens (including phenoxy) is 2. The third-order valence-electron chi connectivity index (χ3n) is 5.48. The topological polar surface area (TPSA) is 104 Å². The van der Waals surface area contributed by atoms with Crippen LogP contribution in [0.4, 0.5) is 5.69 Å². The number of aryl methyl sites for hydroxylation is 2. The van der Waals surface area contributed by atoms with E-state index in [1.54, 1.807) is 44.0 Å². The molecule has 34 heavy (non-hydrogen) atoms. The first kappa shape index (κ1) is 23.3. The molecule has 2 aromatic carbocycles.